The van der Waals surface area contributed by atoms with Crippen molar-refractivity contribution in [2.24, 2.45) is 0 Å². The molecule has 0 bridgehead atoms. The molecular weight excluding hydrogens is 206 g/mol. The second-order valence-electron chi connectivity index (χ2n) is 3.26. The van der Waals surface area contributed by atoms with Gasteiger partial charge in [0, 0.05) is 12.1 Å². The van der Waals surface area contributed by atoms with Crippen molar-refractivity contribution >= 4 is 11.5 Å². The quantitative estimate of drug-likeness (QED) is 0.782. The van der Waals surface area contributed by atoms with Crippen LogP contribution in [0.3, 0.4) is 0 Å². The number of nitrogens with two attached hydrogens (primary N) is 2. The summed E-state index contributed by atoms with van der Waals surface area (Å²) in [5, 5.41) is 0. The molecule has 0 aliphatic rings. The highest BCUT2D eigenvalue weighted by Gasteiger charge is 2.02. The lowest BCUT2D eigenvalue weighted by Crippen LogP contribution is -1.97. The third kappa shape index (κ3) is 2.17. The Bertz CT molecular complexity index is 514. The zero-order valence-electron chi connectivity index (χ0n) is 8.71. The molecule has 0 aromatic carbocycles. The monoisotopic (exact) mass is 217 g/mol. The van der Waals surface area contributed by atoms with E-state index in [4.69, 9.17) is 16.2 Å². The highest BCUT2D eigenvalue weighted by Crippen LogP contribution is 2.20. The van der Waals surface area contributed by atoms with E-state index < -0.39 is 0 Å². The van der Waals surface area contributed by atoms with Crippen LogP contribution in [0.15, 0.2) is 24.7 Å². The van der Waals surface area contributed by atoms with Crippen molar-refractivity contribution in [2.75, 3.05) is 11.5 Å². The van der Waals surface area contributed by atoms with Gasteiger partial charge in [-0.1, -0.05) is 0 Å². The second kappa shape index (κ2) is 4.01. The minimum atomic E-state index is 0.345. The van der Waals surface area contributed by atoms with Gasteiger partial charge in [-0.2, -0.15) is 0 Å². The maximum absolute atomic E-state index is 5.64. The number of nitrogens with zero attached hydrogens (tertiary/aromatic N) is 3. The van der Waals surface area contributed by atoms with Crippen molar-refractivity contribution in [1.82, 2.24) is 15.0 Å². The molecule has 82 valence electrons. The fraction of sp³-hybridized carbons (Fsp3) is 0.100. The predicted molar refractivity (Wildman–Crippen MR) is 59.9 cm³/mol. The second-order valence-corrected chi connectivity index (χ2v) is 3.26. The molecule has 0 amide bonds. The molecule has 0 aliphatic heterocycles. The van der Waals surface area contributed by atoms with E-state index in [2.05, 4.69) is 15.0 Å². The van der Waals surface area contributed by atoms with Gasteiger partial charge >= 0.3 is 0 Å². The summed E-state index contributed by atoms with van der Waals surface area (Å²) in [6, 6.07) is 3.25. The Morgan fingerprint density at radius 1 is 1.06 bits per heavy atom. The average molecular weight is 217 g/mol. The molecule has 0 aliphatic carbocycles. The number of anilines is 2. The van der Waals surface area contributed by atoms with Gasteiger partial charge < -0.3 is 16.2 Å². The Morgan fingerprint density at radius 3 is 2.50 bits per heavy atom. The number of ether oxygens (including phenoxy) is 1. The minimum Gasteiger partial charge on any atom is -0.421 e. The van der Waals surface area contributed by atoms with Crippen LogP contribution in [0.2, 0.25) is 0 Å². The predicted octanol–water partition coefficient (Wildman–Crippen LogP) is 1.14. The van der Waals surface area contributed by atoms with Crippen LogP contribution in [0.5, 0.6) is 11.8 Å². The zero-order chi connectivity index (χ0) is 11.5. The smallest absolute Gasteiger partial charge is 0.226 e. The van der Waals surface area contributed by atoms with Gasteiger partial charge in [0.15, 0.2) is 0 Å². The van der Waals surface area contributed by atoms with Crippen molar-refractivity contribution in [1.29, 1.82) is 0 Å². The average Bonchev–Trinajstić information content (AvgIpc) is 2.24. The van der Waals surface area contributed by atoms with Crippen molar-refractivity contribution in [2.45, 2.75) is 6.92 Å². The lowest BCUT2D eigenvalue weighted by Gasteiger charge is -2.05. The number of aryl methyl sites for hydroxylation is 1. The number of nitrogen functional groups attached to an aromatic ring is 2. The summed E-state index contributed by atoms with van der Waals surface area (Å²) in [7, 11) is 0. The molecule has 4 N–H and O–H groups in total. The number of rotatable bonds is 2. The van der Waals surface area contributed by atoms with Gasteiger partial charge in [-0.05, 0) is 12.5 Å². The fourth-order valence-corrected chi connectivity index (χ4v) is 1.11. The largest absolute Gasteiger partial charge is 0.421 e. The summed E-state index contributed by atoms with van der Waals surface area (Å²) < 4.78 is 5.40. The van der Waals surface area contributed by atoms with Gasteiger partial charge in [0.25, 0.3) is 0 Å². The Labute approximate surface area is 92.3 Å². The number of pyridine rings is 1. The molecular formula is C10H11N5O. The van der Waals surface area contributed by atoms with Gasteiger partial charge in [0.1, 0.15) is 12.1 Å². The van der Waals surface area contributed by atoms with Gasteiger partial charge in [-0.3, -0.25) is 0 Å². The van der Waals surface area contributed by atoms with E-state index in [0.29, 0.717) is 23.3 Å². The Morgan fingerprint density at radius 2 is 1.81 bits per heavy atom. The molecule has 2 rings (SSSR count). The van der Waals surface area contributed by atoms with Crippen LogP contribution in [0.1, 0.15) is 5.56 Å². The van der Waals surface area contributed by atoms with E-state index in [1.54, 1.807) is 6.07 Å². The molecule has 2 aromatic rings. The Balaban J connectivity index is 2.24. The molecule has 6 nitrogen and oxygen atoms in total. The molecule has 16 heavy (non-hydrogen) atoms. The molecule has 0 fully saturated rings. The van der Waals surface area contributed by atoms with Crippen LogP contribution < -0.4 is 16.2 Å². The van der Waals surface area contributed by atoms with Crippen molar-refractivity contribution in [3.63, 3.8) is 0 Å². The highest BCUT2D eigenvalue weighted by atomic mass is 16.5. The van der Waals surface area contributed by atoms with Crippen LogP contribution in [0.25, 0.3) is 0 Å². The molecule has 0 saturated carbocycles. The van der Waals surface area contributed by atoms with Crippen molar-refractivity contribution in [3.05, 3.63) is 30.2 Å². The number of hydrogen-bond donors (Lipinski definition) is 2. The maximum Gasteiger partial charge on any atom is 0.226 e. The van der Waals surface area contributed by atoms with E-state index >= 15 is 0 Å². The first-order chi connectivity index (χ1) is 7.65. The van der Waals surface area contributed by atoms with Crippen LogP contribution in [-0.2, 0) is 0 Å². The summed E-state index contributed by atoms with van der Waals surface area (Å²) in [5.41, 5.74) is 12.7. The molecule has 6 heteroatoms. The first-order valence-electron chi connectivity index (χ1n) is 4.62. The zero-order valence-corrected chi connectivity index (χ0v) is 8.71. The SMILES string of the molecule is Cc1cc(Oc2cc(N)ncn2)ncc1N. The molecule has 2 aromatic heterocycles. The van der Waals surface area contributed by atoms with Crippen LogP contribution in [0.4, 0.5) is 11.5 Å². The lowest BCUT2D eigenvalue weighted by molar-refractivity contribution is 0.443. The van der Waals surface area contributed by atoms with Gasteiger partial charge in [-0.15, -0.1) is 0 Å². The molecule has 0 radical (unpaired) electrons. The minimum absolute atomic E-state index is 0.345. The highest BCUT2D eigenvalue weighted by molar-refractivity contribution is 5.46. The molecule has 0 saturated heterocycles. The fourth-order valence-electron chi connectivity index (χ4n) is 1.11. The number of aromatic nitrogens is 3. The van der Waals surface area contributed by atoms with Crippen LogP contribution in [0, 0.1) is 6.92 Å². The third-order valence-electron chi connectivity index (χ3n) is 2.00. The van der Waals surface area contributed by atoms with E-state index in [1.165, 1.54) is 18.6 Å². The van der Waals surface area contributed by atoms with E-state index in [-0.39, 0.29) is 0 Å². The summed E-state index contributed by atoms with van der Waals surface area (Å²) >= 11 is 0. The van der Waals surface area contributed by atoms with E-state index in [9.17, 15) is 0 Å². The maximum atomic E-state index is 5.64. The summed E-state index contributed by atoms with van der Waals surface area (Å²) in [6.45, 7) is 1.87. The Hall–Kier alpha value is -2.37. The summed E-state index contributed by atoms with van der Waals surface area (Å²) in [6.07, 6.45) is 2.87. The standard InChI is InChI=1S/C10H11N5O/c1-6-2-9(13-4-7(6)11)16-10-3-8(12)14-5-15-10/h2-5H,11H2,1H3,(H2,12,14,15). The normalized spacial score (nSPS) is 10.1. The van der Waals surface area contributed by atoms with Gasteiger partial charge in [0.05, 0.1) is 11.9 Å². The first kappa shape index (κ1) is 10.2. The molecule has 2 heterocycles. The Kier molecular flexibility index (Phi) is 2.55. The molecule has 0 unspecified atom stereocenters. The van der Waals surface area contributed by atoms with E-state index in [0.717, 1.165) is 5.56 Å². The van der Waals surface area contributed by atoms with Crippen molar-refractivity contribution in [3.8, 4) is 11.8 Å². The third-order valence-corrected chi connectivity index (χ3v) is 2.00. The van der Waals surface area contributed by atoms with Crippen LogP contribution >= 0.6 is 0 Å². The summed E-state index contributed by atoms with van der Waals surface area (Å²) in [4.78, 5) is 11.7. The van der Waals surface area contributed by atoms with Gasteiger partial charge in [-0.25, -0.2) is 15.0 Å². The summed E-state index contributed by atoms with van der Waals surface area (Å²) in [5.74, 6) is 1.12. The lowest BCUT2D eigenvalue weighted by atomic mass is 10.2. The van der Waals surface area contributed by atoms with Gasteiger partial charge in [0.2, 0.25) is 11.8 Å². The first-order valence-corrected chi connectivity index (χ1v) is 4.62. The topological polar surface area (TPSA) is 99.9 Å². The van der Waals surface area contributed by atoms with Crippen molar-refractivity contribution < 1.29 is 4.74 Å². The molecule has 0 atom stereocenters. The van der Waals surface area contributed by atoms with E-state index in [1.807, 2.05) is 6.92 Å². The number of hydrogen-bond acceptors (Lipinski definition) is 6. The van der Waals surface area contributed by atoms with Crippen LogP contribution in [-0.4, -0.2) is 15.0 Å². The molecule has 0 spiro atoms.